The second-order valence-corrected chi connectivity index (χ2v) is 7.58. The molecule has 1 atom stereocenters. The minimum Gasteiger partial charge on any atom is -0.394 e. The van der Waals surface area contributed by atoms with Gasteiger partial charge < -0.3 is 14.8 Å². The van der Waals surface area contributed by atoms with Crippen molar-refractivity contribution in [3.63, 3.8) is 0 Å². The normalized spacial score (nSPS) is 13.2. The minimum atomic E-state index is -0.789. The smallest absolute Gasteiger partial charge is 0.0949 e. The molecular weight excluding hydrogens is 466 g/mol. The molecule has 21 heavy (non-hydrogen) atoms. The number of aliphatic hydroxyl groups excluding tert-OH is 2. The first kappa shape index (κ1) is 15.5. The van der Waals surface area contributed by atoms with Gasteiger partial charge in [0.1, 0.15) is 0 Å². The van der Waals surface area contributed by atoms with Crippen molar-refractivity contribution >= 4 is 69.6 Å². The molecule has 0 saturated heterocycles. The first-order valence-electron chi connectivity index (χ1n) is 6.36. The van der Waals surface area contributed by atoms with Gasteiger partial charge in [0.25, 0.3) is 0 Å². The van der Waals surface area contributed by atoms with Crippen LogP contribution >= 0.6 is 47.8 Å². The Balaban J connectivity index is 2.41. The molecule has 0 bridgehead atoms. The van der Waals surface area contributed by atoms with Crippen LogP contribution in [0, 0.1) is 0 Å². The predicted molar refractivity (Wildman–Crippen MR) is 95.6 cm³/mol. The highest BCUT2D eigenvalue weighted by molar-refractivity contribution is 9.11. The van der Waals surface area contributed by atoms with Gasteiger partial charge in [0.2, 0.25) is 0 Å². The molecule has 6 heteroatoms. The fraction of sp³-hybridized carbons (Fsp3) is 0.200. The number of rotatable bonds is 3. The number of hydrogen-bond acceptors (Lipinski definition) is 2. The average molecular weight is 478 g/mol. The molecule has 0 spiro atoms. The molecule has 0 aliphatic heterocycles. The summed E-state index contributed by atoms with van der Waals surface area (Å²) >= 11 is 10.6. The second-order valence-electron chi connectivity index (χ2n) is 4.89. The van der Waals surface area contributed by atoms with Crippen molar-refractivity contribution in [3.8, 4) is 0 Å². The van der Waals surface area contributed by atoms with Crippen LogP contribution in [-0.2, 0) is 6.54 Å². The van der Waals surface area contributed by atoms with E-state index in [1.165, 1.54) is 0 Å². The summed E-state index contributed by atoms with van der Waals surface area (Å²) < 4.78 is 4.98. The monoisotopic (exact) mass is 475 g/mol. The molecule has 0 unspecified atom stereocenters. The maximum absolute atomic E-state index is 9.84. The van der Waals surface area contributed by atoms with Gasteiger partial charge in [-0.3, -0.25) is 0 Å². The van der Waals surface area contributed by atoms with Gasteiger partial charge in [-0.05, 0) is 46.3 Å². The molecule has 0 aliphatic rings. The van der Waals surface area contributed by atoms with Crippen molar-refractivity contribution < 1.29 is 10.2 Å². The van der Waals surface area contributed by atoms with Crippen LogP contribution in [-0.4, -0.2) is 27.5 Å². The first-order chi connectivity index (χ1) is 10.0. The summed E-state index contributed by atoms with van der Waals surface area (Å²) in [5.74, 6) is 0. The standard InChI is InChI=1S/C15H12Br3NO2/c16-8-1-2-14-11(3-8)12-4-9(17)5-13(18)15(12)19(14)6-10(21)7-20/h1-5,10,20-21H,6-7H2/t10-/m1/s1. The van der Waals surface area contributed by atoms with E-state index in [0.29, 0.717) is 6.54 Å². The minimum absolute atomic E-state index is 0.258. The van der Waals surface area contributed by atoms with Gasteiger partial charge in [-0.25, -0.2) is 0 Å². The molecule has 0 aliphatic carbocycles. The van der Waals surface area contributed by atoms with E-state index in [1.807, 2.05) is 22.8 Å². The second kappa shape index (κ2) is 6.01. The van der Waals surface area contributed by atoms with Crippen molar-refractivity contribution in [2.24, 2.45) is 0 Å². The topological polar surface area (TPSA) is 45.4 Å². The molecule has 3 aromatic rings. The third-order valence-corrected chi connectivity index (χ3v) is 5.00. The Kier molecular flexibility index (Phi) is 4.43. The van der Waals surface area contributed by atoms with E-state index in [0.717, 1.165) is 35.2 Å². The van der Waals surface area contributed by atoms with E-state index in [1.54, 1.807) is 0 Å². The number of aromatic nitrogens is 1. The maximum Gasteiger partial charge on any atom is 0.0949 e. The maximum atomic E-state index is 9.84. The molecule has 110 valence electrons. The molecule has 0 fully saturated rings. The van der Waals surface area contributed by atoms with Crippen LogP contribution in [0.15, 0.2) is 43.7 Å². The summed E-state index contributed by atoms with van der Waals surface area (Å²) in [6.45, 7) is 0.0875. The highest BCUT2D eigenvalue weighted by Gasteiger charge is 2.16. The average Bonchev–Trinajstić information content (AvgIpc) is 2.72. The van der Waals surface area contributed by atoms with Crippen molar-refractivity contribution in [1.29, 1.82) is 0 Å². The number of hydrogen-bond donors (Lipinski definition) is 2. The number of halogens is 3. The largest absolute Gasteiger partial charge is 0.394 e. The fourth-order valence-corrected chi connectivity index (χ4v) is 4.38. The Hall–Kier alpha value is -0.400. The Bertz CT molecular complexity index is 829. The summed E-state index contributed by atoms with van der Waals surface area (Å²) in [7, 11) is 0. The molecule has 3 nitrogen and oxygen atoms in total. The number of benzene rings is 2. The zero-order valence-corrected chi connectivity index (χ0v) is 15.6. The molecular formula is C15H12Br3NO2. The lowest BCUT2D eigenvalue weighted by atomic mass is 10.2. The van der Waals surface area contributed by atoms with Gasteiger partial charge in [-0.2, -0.15) is 0 Å². The van der Waals surface area contributed by atoms with Crippen LogP contribution in [0.25, 0.3) is 21.8 Å². The molecule has 2 aromatic carbocycles. The van der Waals surface area contributed by atoms with Crippen LogP contribution < -0.4 is 0 Å². The third-order valence-electron chi connectivity index (χ3n) is 3.44. The Labute approximate surface area is 146 Å². The summed E-state index contributed by atoms with van der Waals surface area (Å²) in [6.07, 6.45) is -0.789. The molecule has 0 amide bonds. The summed E-state index contributed by atoms with van der Waals surface area (Å²) in [4.78, 5) is 0. The van der Waals surface area contributed by atoms with Gasteiger partial charge in [0, 0.05) is 29.7 Å². The Morgan fingerprint density at radius 2 is 1.71 bits per heavy atom. The van der Waals surface area contributed by atoms with E-state index < -0.39 is 6.10 Å². The van der Waals surface area contributed by atoms with E-state index >= 15 is 0 Å². The van der Waals surface area contributed by atoms with Gasteiger partial charge in [0.15, 0.2) is 0 Å². The summed E-state index contributed by atoms with van der Waals surface area (Å²) in [5.41, 5.74) is 2.04. The molecule has 3 rings (SSSR count). The first-order valence-corrected chi connectivity index (χ1v) is 8.74. The SMILES string of the molecule is OC[C@H](O)Cn1c2ccc(Br)cc2c2cc(Br)cc(Br)c21. The quantitative estimate of drug-likeness (QED) is 0.586. The zero-order valence-electron chi connectivity index (χ0n) is 10.9. The van der Waals surface area contributed by atoms with Crippen molar-refractivity contribution in [1.82, 2.24) is 4.57 Å². The lowest BCUT2D eigenvalue weighted by Gasteiger charge is -2.12. The van der Waals surface area contributed by atoms with Gasteiger partial charge >= 0.3 is 0 Å². The lowest BCUT2D eigenvalue weighted by Crippen LogP contribution is -2.19. The van der Waals surface area contributed by atoms with Gasteiger partial charge in [-0.15, -0.1) is 0 Å². The van der Waals surface area contributed by atoms with Crippen LogP contribution in [0.4, 0.5) is 0 Å². The predicted octanol–water partition coefficient (Wildman–Crippen LogP) is 4.44. The van der Waals surface area contributed by atoms with E-state index in [-0.39, 0.29) is 6.61 Å². The zero-order chi connectivity index (χ0) is 15.1. The van der Waals surface area contributed by atoms with E-state index in [9.17, 15) is 5.11 Å². The van der Waals surface area contributed by atoms with Crippen molar-refractivity contribution in [3.05, 3.63) is 43.7 Å². The molecule has 1 heterocycles. The van der Waals surface area contributed by atoms with Crippen molar-refractivity contribution in [2.75, 3.05) is 6.61 Å². The van der Waals surface area contributed by atoms with Crippen molar-refractivity contribution in [2.45, 2.75) is 12.6 Å². The Morgan fingerprint density at radius 1 is 1.00 bits per heavy atom. The molecule has 0 radical (unpaired) electrons. The van der Waals surface area contributed by atoms with Gasteiger partial charge in [0.05, 0.1) is 24.8 Å². The highest BCUT2D eigenvalue weighted by Crippen LogP contribution is 2.37. The molecule has 1 aromatic heterocycles. The molecule has 2 N–H and O–H groups in total. The van der Waals surface area contributed by atoms with Crippen LogP contribution in [0.2, 0.25) is 0 Å². The third kappa shape index (κ3) is 2.80. The van der Waals surface area contributed by atoms with Crippen LogP contribution in [0.1, 0.15) is 0 Å². The van der Waals surface area contributed by atoms with Crippen LogP contribution in [0.3, 0.4) is 0 Å². The van der Waals surface area contributed by atoms with Gasteiger partial charge in [-0.1, -0.05) is 31.9 Å². The fourth-order valence-electron chi connectivity index (χ4n) is 2.58. The Morgan fingerprint density at radius 3 is 2.43 bits per heavy atom. The van der Waals surface area contributed by atoms with E-state index in [2.05, 4.69) is 59.9 Å². The highest BCUT2D eigenvalue weighted by atomic mass is 79.9. The number of fused-ring (bicyclic) bond motifs is 3. The number of aliphatic hydroxyl groups is 2. The van der Waals surface area contributed by atoms with Crippen LogP contribution in [0.5, 0.6) is 0 Å². The molecule has 0 saturated carbocycles. The summed E-state index contributed by atoms with van der Waals surface area (Å²) in [6, 6.07) is 10.1. The number of nitrogens with zero attached hydrogens (tertiary/aromatic N) is 1. The van der Waals surface area contributed by atoms with E-state index in [4.69, 9.17) is 5.11 Å². The summed E-state index contributed by atoms with van der Waals surface area (Å²) in [5, 5.41) is 21.2. The lowest BCUT2D eigenvalue weighted by molar-refractivity contribution is 0.0831.